The van der Waals surface area contributed by atoms with Gasteiger partial charge in [0.25, 0.3) is 5.91 Å². The van der Waals surface area contributed by atoms with E-state index in [1.54, 1.807) is 6.07 Å². The van der Waals surface area contributed by atoms with Gasteiger partial charge in [0.2, 0.25) is 0 Å². The van der Waals surface area contributed by atoms with Crippen LogP contribution >= 0.6 is 0 Å². The van der Waals surface area contributed by atoms with Crippen molar-refractivity contribution in [1.82, 2.24) is 14.9 Å². The van der Waals surface area contributed by atoms with Crippen LogP contribution in [0.1, 0.15) is 42.0 Å². The van der Waals surface area contributed by atoms with Gasteiger partial charge < -0.3 is 14.7 Å². The lowest BCUT2D eigenvalue weighted by Crippen LogP contribution is -2.47. The van der Waals surface area contributed by atoms with Crippen molar-refractivity contribution in [3.63, 3.8) is 0 Å². The van der Waals surface area contributed by atoms with Gasteiger partial charge in [-0.15, -0.1) is 0 Å². The number of aromatic nitrogens is 2. The van der Waals surface area contributed by atoms with Crippen molar-refractivity contribution in [2.24, 2.45) is 0 Å². The van der Waals surface area contributed by atoms with Gasteiger partial charge in [-0.2, -0.15) is 0 Å². The van der Waals surface area contributed by atoms with Gasteiger partial charge in [0.05, 0.1) is 5.69 Å². The number of hydrogen-bond acceptors (Lipinski definition) is 5. The third kappa shape index (κ3) is 4.49. The Morgan fingerprint density at radius 1 is 0.897 bits per heavy atom. The Labute approximate surface area is 171 Å². The number of carbonyl (C=O) groups is 1. The first-order chi connectivity index (χ1) is 14.1. The summed E-state index contributed by atoms with van der Waals surface area (Å²) in [5.41, 5.74) is 1.12. The fourth-order valence-corrected chi connectivity index (χ4v) is 4.14. The van der Waals surface area contributed by atoms with Gasteiger partial charge in [0.1, 0.15) is 23.2 Å². The molecule has 0 saturated carbocycles. The van der Waals surface area contributed by atoms with E-state index in [0.29, 0.717) is 30.3 Å². The average Bonchev–Trinajstić information content (AvgIpc) is 3.03. The van der Waals surface area contributed by atoms with E-state index in [1.807, 2.05) is 30.0 Å². The van der Waals surface area contributed by atoms with Crippen molar-refractivity contribution in [1.29, 1.82) is 0 Å². The number of halogens is 1. The first-order valence-corrected chi connectivity index (χ1v) is 10.5. The van der Waals surface area contributed by atoms with Crippen molar-refractivity contribution in [2.75, 3.05) is 49.1 Å². The van der Waals surface area contributed by atoms with Crippen LogP contribution in [0.2, 0.25) is 0 Å². The Morgan fingerprint density at radius 3 is 2.24 bits per heavy atom. The lowest BCUT2D eigenvalue weighted by molar-refractivity contribution is 0.0755. The lowest BCUT2D eigenvalue weighted by atomic mass is 10.2. The third-order valence-corrected chi connectivity index (χ3v) is 5.73. The predicted molar refractivity (Wildman–Crippen MR) is 112 cm³/mol. The normalized spacial score (nSPS) is 17.9. The molecule has 0 atom stereocenters. The maximum atomic E-state index is 14.1. The van der Waals surface area contributed by atoms with Crippen molar-refractivity contribution in [3.8, 4) is 0 Å². The maximum absolute atomic E-state index is 14.1. The highest BCUT2D eigenvalue weighted by Gasteiger charge is 2.24. The van der Waals surface area contributed by atoms with Crippen LogP contribution in [0, 0.1) is 12.7 Å². The molecule has 4 rings (SSSR count). The summed E-state index contributed by atoms with van der Waals surface area (Å²) in [6, 6.07) is 8.70. The Bertz CT molecular complexity index is 858. The van der Waals surface area contributed by atoms with Crippen LogP contribution in [0.15, 0.2) is 30.3 Å². The summed E-state index contributed by atoms with van der Waals surface area (Å²) in [5.74, 6) is 1.20. The number of para-hydroxylation sites is 1. The van der Waals surface area contributed by atoms with Crippen LogP contribution in [0.4, 0.5) is 15.9 Å². The molecule has 3 heterocycles. The van der Waals surface area contributed by atoms with Crippen LogP contribution in [-0.2, 0) is 0 Å². The number of carbonyl (C=O) groups excluding carboxylic acids is 1. The lowest BCUT2D eigenvalue weighted by Gasteiger charge is -2.37. The summed E-state index contributed by atoms with van der Waals surface area (Å²) in [7, 11) is 0. The van der Waals surface area contributed by atoms with Gasteiger partial charge >= 0.3 is 0 Å². The first-order valence-electron chi connectivity index (χ1n) is 10.5. The molecule has 0 unspecified atom stereocenters. The van der Waals surface area contributed by atoms with Gasteiger partial charge in [0.15, 0.2) is 0 Å². The second-order valence-electron chi connectivity index (χ2n) is 7.79. The van der Waals surface area contributed by atoms with E-state index >= 15 is 0 Å². The summed E-state index contributed by atoms with van der Waals surface area (Å²) in [6.45, 7) is 6.30. The van der Waals surface area contributed by atoms with E-state index < -0.39 is 0 Å². The highest BCUT2D eigenvalue weighted by atomic mass is 19.1. The minimum atomic E-state index is -0.191. The number of aryl methyl sites for hydroxylation is 1. The minimum Gasteiger partial charge on any atom is -0.366 e. The Kier molecular flexibility index (Phi) is 5.92. The second-order valence-corrected chi connectivity index (χ2v) is 7.79. The fraction of sp³-hybridized carbons (Fsp3) is 0.500. The summed E-state index contributed by atoms with van der Waals surface area (Å²) in [6.07, 6.45) is 4.48. The number of rotatable bonds is 3. The van der Waals surface area contributed by atoms with Gasteiger partial charge in [-0.05, 0) is 31.9 Å². The summed E-state index contributed by atoms with van der Waals surface area (Å²) < 4.78 is 14.1. The van der Waals surface area contributed by atoms with Crippen LogP contribution < -0.4 is 9.80 Å². The molecule has 2 saturated heterocycles. The molecule has 154 valence electrons. The zero-order chi connectivity index (χ0) is 20.2. The average molecular weight is 397 g/mol. The van der Waals surface area contributed by atoms with Crippen LogP contribution in [0.25, 0.3) is 0 Å². The molecule has 1 aromatic heterocycles. The topological polar surface area (TPSA) is 52.6 Å². The van der Waals surface area contributed by atoms with Crippen molar-refractivity contribution < 1.29 is 9.18 Å². The first kappa shape index (κ1) is 19.6. The van der Waals surface area contributed by atoms with Gasteiger partial charge in [-0.25, -0.2) is 14.4 Å². The molecule has 0 radical (unpaired) electrons. The van der Waals surface area contributed by atoms with Gasteiger partial charge in [-0.1, -0.05) is 25.0 Å². The van der Waals surface area contributed by atoms with E-state index in [-0.39, 0.29) is 11.7 Å². The van der Waals surface area contributed by atoms with E-state index in [0.717, 1.165) is 44.8 Å². The molecule has 29 heavy (non-hydrogen) atoms. The molecule has 0 spiro atoms. The van der Waals surface area contributed by atoms with Gasteiger partial charge in [-0.3, -0.25) is 4.79 Å². The quantitative estimate of drug-likeness (QED) is 0.796. The van der Waals surface area contributed by atoms with Crippen LogP contribution in [-0.4, -0.2) is 60.0 Å². The molecule has 0 N–H and O–H groups in total. The van der Waals surface area contributed by atoms with E-state index in [1.165, 1.54) is 18.9 Å². The maximum Gasteiger partial charge on any atom is 0.272 e. The minimum absolute atomic E-state index is 0.00337. The van der Waals surface area contributed by atoms with E-state index in [2.05, 4.69) is 19.8 Å². The Hall–Kier alpha value is -2.70. The molecular weight excluding hydrogens is 369 g/mol. The molecule has 1 aromatic carbocycles. The number of hydrogen-bond donors (Lipinski definition) is 0. The molecule has 6 nitrogen and oxygen atoms in total. The monoisotopic (exact) mass is 397 g/mol. The number of anilines is 2. The molecule has 0 bridgehead atoms. The number of nitrogens with zero attached hydrogens (tertiary/aromatic N) is 5. The zero-order valence-electron chi connectivity index (χ0n) is 17.0. The highest BCUT2D eigenvalue weighted by Crippen LogP contribution is 2.23. The molecule has 1 amide bonds. The van der Waals surface area contributed by atoms with E-state index in [4.69, 9.17) is 0 Å². The Balaban J connectivity index is 1.47. The third-order valence-electron chi connectivity index (χ3n) is 5.73. The summed E-state index contributed by atoms with van der Waals surface area (Å²) >= 11 is 0. The molecule has 0 aliphatic carbocycles. The SMILES string of the molecule is Cc1nc(C(=O)N2CCCCCC2)cc(N2CCN(c3ccccc3F)CC2)n1. The highest BCUT2D eigenvalue weighted by molar-refractivity contribution is 5.93. The van der Waals surface area contributed by atoms with E-state index in [9.17, 15) is 9.18 Å². The van der Waals surface area contributed by atoms with Crippen molar-refractivity contribution in [3.05, 3.63) is 47.7 Å². The summed E-state index contributed by atoms with van der Waals surface area (Å²) in [4.78, 5) is 28.1. The standard InChI is InChI=1S/C22H28FN5O/c1-17-24-19(22(29)28-10-6-2-3-7-11-28)16-21(25-17)27-14-12-26(13-15-27)20-9-5-4-8-18(20)23/h4-5,8-9,16H,2-3,6-7,10-15H2,1H3. The predicted octanol–water partition coefficient (Wildman–Crippen LogP) is 3.27. The molecule has 7 heteroatoms. The van der Waals surface area contributed by atoms with Crippen molar-refractivity contribution in [2.45, 2.75) is 32.6 Å². The summed E-state index contributed by atoms with van der Waals surface area (Å²) in [5, 5.41) is 0. The van der Waals surface area contributed by atoms with Gasteiger partial charge in [0, 0.05) is 45.3 Å². The number of piperazine rings is 1. The molecule has 2 aliphatic rings. The van der Waals surface area contributed by atoms with Crippen LogP contribution in [0.5, 0.6) is 0 Å². The molecule has 2 aliphatic heterocycles. The van der Waals surface area contributed by atoms with Crippen LogP contribution in [0.3, 0.4) is 0 Å². The zero-order valence-corrected chi connectivity index (χ0v) is 17.0. The second kappa shape index (κ2) is 8.76. The number of amides is 1. The Morgan fingerprint density at radius 2 is 1.55 bits per heavy atom. The molecule has 2 aromatic rings. The smallest absolute Gasteiger partial charge is 0.272 e. The number of benzene rings is 1. The largest absolute Gasteiger partial charge is 0.366 e. The van der Waals surface area contributed by atoms with Crippen molar-refractivity contribution >= 4 is 17.4 Å². The molecule has 2 fully saturated rings. The number of likely N-dealkylation sites (tertiary alicyclic amines) is 1. The fourth-order valence-electron chi connectivity index (χ4n) is 4.14. The molecular formula is C22H28FN5O.